The third-order valence-corrected chi connectivity index (χ3v) is 4.25. The predicted molar refractivity (Wildman–Crippen MR) is 89.8 cm³/mol. The van der Waals surface area contributed by atoms with E-state index in [1.165, 1.54) is 23.9 Å². The van der Waals surface area contributed by atoms with Gasteiger partial charge in [0.15, 0.2) is 0 Å². The molecule has 0 spiro atoms. The molecule has 112 valence electrons. The molecule has 1 atom stereocenters. The Balaban J connectivity index is 1.80. The van der Waals surface area contributed by atoms with Crippen LogP contribution in [0, 0.1) is 5.92 Å². The summed E-state index contributed by atoms with van der Waals surface area (Å²) in [7, 11) is 0. The lowest BCUT2D eigenvalue weighted by Gasteiger charge is -2.28. The Bertz CT molecular complexity index is 589. The molecule has 1 aliphatic heterocycles. The number of aromatic nitrogens is 1. The highest BCUT2D eigenvalue weighted by Crippen LogP contribution is 2.30. The van der Waals surface area contributed by atoms with Crippen LogP contribution in [0.4, 0.5) is 5.69 Å². The van der Waals surface area contributed by atoms with Crippen LogP contribution >= 0.6 is 0 Å². The minimum absolute atomic E-state index is 0.606. The van der Waals surface area contributed by atoms with Gasteiger partial charge in [-0.25, -0.2) is 0 Å². The summed E-state index contributed by atoms with van der Waals surface area (Å²) in [6.07, 6.45) is 4.50. The van der Waals surface area contributed by atoms with E-state index in [0.717, 1.165) is 25.2 Å². The molecule has 3 nitrogen and oxygen atoms in total. The van der Waals surface area contributed by atoms with E-state index in [0.29, 0.717) is 12.0 Å². The average molecular weight is 283 g/mol. The largest absolute Gasteiger partial charge is 0.367 e. The Morgan fingerprint density at radius 1 is 1.29 bits per heavy atom. The van der Waals surface area contributed by atoms with Crippen molar-refractivity contribution in [1.82, 2.24) is 10.3 Å². The predicted octanol–water partition coefficient (Wildman–Crippen LogP) is 3.45. The molecule has 0 saturated carbocycles. The first-order chi connectivity index (χ1) is 10.3. The molecule has 0 bridgehead atoms. The number of anilines is 1. The van der Waals surface area contributed by atoms with Gasteiger partial charge in [-0.3, -0.25) is 4.98 Å². The van der Waals surface area contributed by atoms with E-state index in [1.807, 2.05) is 6.20 Å². The van der Waals surface area contributed by atoms with Gasteiger partial charge in [0.25, 0.3) is 0 Å². The maximum Gasteiger partial charge on any atom is 0.0722 e. The van der Waals surface area contributed by atoms with E-state index in [4.69, 9.17) is 0 Å². The highest BCUT2D eigenvalue weighted by molar-refractivity contribution is 5.91. The van der Waals surface area contributed by atoms with E-state index in [9.17, 15) is 0 Å². The van der Waals surface area contributed by atoms with E-state index in [-0.39, 0.29) is 0 Å². The molecular formula is C18H25N3. The Labute approximate surface area is 127 Å². The fourth-order valence-corrected chi connectivity index (χ4v) is 3.23. The number of hydrogen-bond donors (Lipinski definition) is 1. The summed E-state index contributed by atoms with van der Waals surface area (Å²) in [5.41, 5.74) is 2.44. The molecule has 1 fully saturated rings. The van der Waals surface area contributed by atoms with Crippen molar-refractivity contribution < 1.29 is 0 Å². The SMILES string of the molecule is CC(C)CNCC1CCCN1c1ccnc2ccccc12. The molecule has 3 heteroatoms. The van der Waals surface area contributed by atoms with Gasteiger partial charge < -0.3 is 10.2 Å². The molecular weight excluding hydrogens is 258 g/mol. The number of pyridine rings is 1. The molecule has 2 heterocycles. The van der Waals surface area contributed by atoms with Crippen LogP contribution in [0.1, 0.15) is 26.7 Å². The summed E-state index contributed by atoms with van der Waals surface area (Å²) in [5.74, 6) is 0.710. The molecule has 1 aromatic heterocycles. The second-order valence-electron chi connectivity index (χ2n) is 6.39. The van der Waals surface area contributed by atoms with Crippen LogP contribution in [0.5, 0.6) is 0 Å². The van der Waals surface area contributed by atoms with Gasteiger partial charge >= 0.3 is 0 Å². The number of para-hydroxylation sites is 1. The van der Waals surface area contributed by atoms with Gasteiger partial charge in [0.05, 0.1) is 5.52 Å². The van der Waals surface area contributed by atoms with Gasteiger partial charge in [-0.15, -0.1) is 0 Å². The number of rotatable bonds is 5. The number of nitrogens with one attached hydrogen (secondary N) is 1. The molecule has 3 rings (SSSR count). The first-order valence-corrected chi connectivity index (χ1v) is 8.07. The molecule has 2 aromatic rings. The second-order valence-corrected chi connectivity index (χ2v) is 6.39. The second kappa shape index (κ2) is 6.44. The van der Waals surface area contributed by atoms with Crippen LogP contribution in [-0.4, -0.2) is 30.7 Å². The first kappa shape index (κ1) is 14.3. The quantitative estimate of drug-likeness (QED) is 0.911. The minimum atomic E-state index is 0.606. The Morgan fingerprint density at radius 2 is 2.14 bits per heavy atom. The van der Waals surface area contributed by atoms with Gasteiger partial charge in [0, 0.05) is 36.4 Å². The fraction of sp³-hybridized carbons (Fsp3) is 0.500. The van der Waals surface area contributed by atoms with Gasteiger partial charge in [0.2, 0.25) is 0 Å². The number of fused-ring (bicyclic) bond motifs is 1. The van der Waals surface area contributed by atoms with Crippen molar-refractivity contribution in [2.45, 2.75) is 32.7 Å². The van der Waals surface area contributed by atoms with Crippen LogP contribution < -0.4 is 10.2 Å². The zero-order valence-electron chi connectivity index (χ0n) is 13.0. The third kappa shape index (κ3) is 3.18. The van der Waals surface area contributed by atoms with Gasteiger partial charge in [-0.1, -0.05) is 32.0 Å². The van der Waals surface area contributed by atoms with Crippen molar-refractivity contribution in [2.75, 3.05) is 24.5 Å². The van der Waals surface area contributed by atoms with E-state index in [1.54, 1.807) is 0 Å². The topological polar surface area (TPSA) is 28.2 Å². The Morgan fingerprint density at radius 3 is 3.00 bits per heavy atom. The summed E-state index contributed by atoms with van der Waals surface area (Å²) in [4.78, 5) is 7.05. The standard InChI is InChI=1S/C18H25N3/c1-14(2)12-19-13-15-6-5-11-21(15)18-9-10-20-17-8-4-3-7-16(17)18/h3-4,7-10,14-15,19H,5-6,11-13H2,1-2H3. The average Bonchev–Trinajstić information content (AvgIpc) is 2.94. The smallest absolute Gasteiger partial charge is 0.0722 e. The van der Waals surface area contributed by atoms with E-state index >= 15 is 0 Å². The van der Waals surface area contributed by atoms with Crippen LogP contribution in [0.2, 0.25) is 0 Å². The number of hydrogen-bond acceptors (Lipinski definition) is 3. The van der Waals surface area contributed by atoms with Gasteiger partial charge in [-0.2, -0.15) is 0 Å². The molecule has 0 radical (unpaired) electrons. The van der Waals surface area contributed by atoms with E-state index < -0.39 is 0 Å². The highest BCUT2D eigenvalue weighted by atomic mass is 15.2. The zero-order valence-corrected chi connectivity index (χ0v) is 13.0. The molecule has 1 aliphatic rings. The van der Waals surface area contributed by atoms with Crippen LogP contribution in [0.25, 0.3) is 10.9 Å². The minimum Gasteiger partial charge on any atom is -0.367 e. The van der Waals surface area contributed by atoms with Gasteiger partial charge in [0.1, 0.15) is 0 Å². The normalized spacial score (nSPS) is 18.8. The highest BCUT2D eigenvalue weighted by Gasteiger charge is 2.25. The molecule has 1 N–H and O–H groups in total. The van der Waals surface area contributed by atoms with Crippen molar-refractivity contribution in [1.29, 1.82) is 0 Å². The summed E-state index contributed by atoms with van der Waals surface area (Å²) >= 11 is 0. The van der Waals surface area contributed by atoms with Crippen molar-refractivity contribution in [3.05, 3.63) is 36.5 Å². The lowest BCUT2D eigenvalue weighted by molar-refractivity contribution is 0.512. The van der Waals surface area contributed by atoms with E-state index in [2.05, 4.69) is 59.4 Å². The van der Waals surface area contributed by atoms with Crippen molar-refractivity contribution in [2.24, 2.45) is 5.92 Å². The number of nitrogens with zero attached hydrogens (tertiary/aromatic N) is 2. The first-order valence-electron chi connectivity index (χ1n) is 8.07. The fourth-order valence-electron chi connectivity index (χ4n) is 3.23. The Hall–Kier alpha value is -1.61. The maximum atomic E-state index is 4.48. The van der Waals surface area contributed by atoms with Crippen molar-refractivity contribution in [3.63, 3.8) is 0 Å². The monoisotopic (exact) mass is 283 g/mol. The lowest BCUT2D eigenvalue weighted by atomic mass is 10.1. The number of benzene rings is 1. The van der Waals surface area contributed by atoms with Crippen molar-refractivity contribution in [3.8, 4) is 0 Å². The summed E-state index contributed by atoms with van der Waals surface area (Å²) in [5, 5.41) is 4.89. The molecule has 21 heavy (non-hydrogen) atoms. The Kier molecular flexibility index (Phi) is 4.39. The van der Waals surface area contributed by atoms with Crippen LogP contribution in [0.3, 0.4) is 0 Å². The third-order valence-electron chi connectivity index (χ3n) is 4.25. The molecule has 0 amide bonds. The summed E-state index contributed by atoms with van der Waals surface area (Å²) < 4.78 is 0. The summed E-state index contributed by atoms with van der Waals surface area (Å²) in [6.45, 7) is 7.85. The van der Waals surface area contributed by atoms with Gasteiger partial charge in [-0.05, 0) is 37.4 Å². The lowest BCUT2D eigenvalue weighted by Crippen LogP contribution is -2.39. The maximum absolute atomic E-state index is 4.48. The molecule has 1 aromatic carbocycles. The molecule has 1 saturated heterocycles. The van der Waals surface area contributed by atoms with Crippen LogP contribution in [-0.2, 0) is 0 Å². The van der Waals surface area contributed by atoms with Crippen LogP contribution in [0.15, 0.2) is 36.5 Å². The molecule has 1 unspecified atom stereocenters. The van der Waals surface area contributed by atoms with Crippen molar-refractivity contribution >= 4 is 16.6 Å². The zero-order chi connectivity index (χ0) is 14.7. The summed E-state index contributed by atoms with van der Waals surface area (Å²) in [6, 6.07) is 11.2. The molecule has 0 aliphatic carbocycles.